The summed E-state index contributed by atoms with van der Waals surface area (Å²) in [6, 6.07) is 26.3. The van der Waals surface area contributed by atoms with Crippen LogP contribution in [-0.4, -0.2) is 50.5 Å². The molecule has 46 heavy (non-hydrogen) atoms. The molecule has 1 N–H and O–H groups in total. The highest BCUT2D eigenvalue weighted by atomic mass is 32.2. The molecule has 0 saturated heterocycles. The van der Waals surface area contributed by atoms with Crippen LogP contribution in [0.5, 0.6) is 0 Å². The summed E-state index contributed by atoms with van der Waals surface area (Å²) in [4.78, 5) is 29.5. The Bertz CT molecular complexity index is 1570. The molecule has 4 aliphatic carbocycles. The van der Waals surface area contributed by atoms with E-state index in [9.17, 15) is 18.0 Å². The van der Waals surface area contributed by atoms with Crippen LogP contribution in [0.25, 0.3) is 0 Å². The lowest BCUT2D eigenvalue weighted by Gasteiger charge is -2.57. The molecule has 0 radical (unpaired) electrons. The maximum atomic E-state index is 14.3. The molecular weight excluding hydrogens is 595 g/mol. The van der Waals surface area contributed by atoms with Crippen molar-refractivity contribution in [1.29, 1.82) is 0 Å². The van der Waals surface area contributed by atoms with Crippen molar-refractivity contribution in [1.82, 2.24) is 10.2 Å². The summed E-state index contributed by atoms with van der Waals surface area (Å²) in [5.41, 5.74) is 3.76. The molecule has 3 aromatic rings. The molecule has 1 atom stereocenters. The third-order valence-electron chi connectivity index (χ3n) is 10.5. The first-order valence-corrected chi connectivity index (χ1v) is 18.7. The topological polar surface area (TPSA) is 86.8 Å². The summed E-state index contributed by atoms with van der Waals surface area (Å²) in [5, 5.41) is 2.98. The maximum Gasteiger partial charge on any atom is 0.244 e. The molecule has 4 fully saturated rings. The Morgan fingerprint density at radius 2 is 1.37 bits per heavy atom. The van der Waals surface area contributed by atoms with Crippen molar-refractivity contribution in [2.45, 2.75) is 76.3 Å². The SMILES string of the molecule is CCCNC(=O)C(Cc1ccccc1)N(Cc1ccccc1)C(=O)CN(c1ccc(C23CC4CC(CC(C4)C2)C3)cc1)S(C)(=O)=O. The molecule has 8 heteroatoms. The van der Waals surface area contributed by atoms with Gasteiger partial charge in [0.1, 0.15) is 12.6 Å². The van der Waals surface area contributed by atoms with Crippen molar-refractivity contribution in [3.63, 3.8) is 0 Å². The standard InChI is InChI=1S/C38H47N3O4S/c1-3-18-39-37(43)35(22-28-10-6-4-7-11-28)40(26-29-12-8-5-9-13-29)36(42)27-41(46(2,44)45)34-16-14-33(15-17-34)38-23-30-19-31(24-38)21-32(20-30)25-38/h4-17,30-32,35H,3,18-27H2,1-2H3,(H,39,43). The number of hydrogen-bond donors (Lipinski definition) is 1. The molecule has 244 valence electrons. The van der Waals surface area contributed by atoms with Crippen LogP contribution in [0.15, 0.2) is 84.9 Å². The zero-order valence-corrected chi connectivity index (χ0v) is 27.9. The third kappa shape index (κ3) is 7.17. The molecule has 1 unspecified atom stereocenters. The van der Waals surface area contributed by atoms with Gasteiger partial charge in [-0.3, -0.25) is 13.9 Å². The minimum Gasteiger partial charge on any atom is -0.354 e. The largest absolute Gasteiger partial charge is 0.354 e. The Morgan fingerprint density at radius 1 is 0.826 bits per heavy atom. The average molecular weight is 642 g/mol. The van der Waals surface area contributed by atoms with Gasteiger partial charge in [0, 0.05) is 19.5 Å². The minimum absolute atomic E-state index is 0.180. The van der Waals surface area contributed by atoms with Crippen molar-refractivity contribution >= 4 is 27.5 Å². The Hall–Kier alpha value is -3.65. The first kappa shape index (κ1) is 32.3. The predicted molar refractivity (Wildman–Crippen MR) is 183 cm³/mol. The lowest BCUT2D eigenvalue weighted by molar-refractivity contribution is -0.140. The lowest BCUT2D eigenvalue weighted by Crippen LogP contribution is -2.53. The number of hydrogen-bond acceptors (Lipinski definition) is 4. The van der Waals surface area contributed by atoms with Crippen LogP contribution in [0.3, 0.4) is 0 Å². The number of anilines is 1. The van der Waals surface area contributed by atoms with E-state index in [2.05, 4.69) is 17.4 Å². The zero-order valence-electron chi connectivity index (χ0n) is 27.1. The first-order valence-electron chi connectivity index (χ1n) is 16.9. The van der Waals surface area contributed by atoms with Crippen LogP contribution in [0, 0.1) is 17.8 Å². The zero-order chi connectivity index (χ0) is 32.3. The van der Waals surface area contributed by atoms with Crippen LogP contribution in [0.1, 0.15) is 68.6 Å². The monoisotopic (exact) mass is 641 g/mol. The summed E-state index contributed by atoms with van der Waals surface area (Å²) in [6.45, 7) is 2.26. The molecule has 4 saturated carbocycles. The van der Waals surface area contributed by atoms with Gasteiger partial charge in [-0.1, -0.05) is 79.7 Å². The summed E-state index contributed by atoms with van der Waals surface area (Å²) < 4.78 is 27.7. The van der Waals surface area contributed by atoms with Crippen LogP contribution < -0.4 is 9.62 Å². The average Bonchev–Trinajstić information content (AvgIpc) is 3.04. The molecule has 4 bridgehead atoms. The number of nitrogens with zero attached hydrogens (tertiary/aromatic N) is 2. The summed E-state index contributed by atoms with van der Waals surface area (Å²) >= 11 is 0. The van der Waals surface area contributed by atoms with Crippen LogP contribution in [-0.2, 0) is 38.0 Å². The molecule has 4 aliphatic rings. The second-order valence-corrected chi connectivity index (χ2v) is 15.9. The van der Waals surface area contributed by atoms with Gasteiger partial charge in [0.2, 0.25) is 21.8 Å². The molecule has 0 aliphatic heterocycles. The molecular formula is C38H47N3O4S. The van der Waals surface area contributed by atoms with Crippen molar-refractivity contribution in [2.24, 2.45) is 17.8 Å². The van der Waals surface area contributed by atoms with Gasteiger partial charge in [-0.15, -0.1) is 0 Å². The number of amides is 2. The van der Waals surface area contributed by atoms with Crippen molar-refractivity contribution < 1.29 is 18.0 Å². The molecule has 2 amide bonds. The number of benzene rings is 3. The molecule has 7 rings (SSSR count). The molecule has 0 spiro atoms. The van der Waals surface area contributed by atoms with Crippen LogP contribution in [0.2, 0.25) is 0 Å². The Balaban J connectivity index is 1.29. The minimum atomic E-state index is -3.81. The fourth-order valence-electron chi connectivity index (χ4n) is 8.76. The van der Waals surface area contributed by atoms with Gasteiger partial charge < -0.3 is 10.2 Å². The van der Waals surface area contributed by atoms with Crippen LogP contribution >= 0.6 is 0 Å². The number of sulfonamides is 1. The van der Waals surface area contributed by atoms with Crippen LogP contribution in [0.4, 0.5) is 5.69 Å². The number of carbonyl (C=O) groups excluding carboxylic acids is 2. The number of carbonyl (C=O) groups is 2. The van der Waals surface area contributed by atoms with E-state index in [4.69, 9.17) is 0 Å². The Morgan fingerprint density at radius 3 is 1.89 bits per heavy atom. The first-order chi connectivity index (χ1) is 22.1. The summed E-state index contributed by atoms with van der Waals surface area (Å²) in [7, 11) is -3.81. The van der Waals surface area contributed by atoms with Gasteiger partial charge >= 0.3 is 0 Å². The van der Waals surface area contributed by atoms with Crippen molar-refractivity contribution in [3.8, 4) is 0 Å². The van der Waals surface area contributed by atoms with Gasteiger partial charge in [-0.25, -0.2) is 8.42 Å². The second kappa shape index (κ2) is 13.6. The summed E-state index contributed by atoms with van der Waals surface area (Å²) in [6.07, 6.45) is 9.99. The van der Waals surface area contributed by atoms with Crippen molar-refractivity contribution in [3.05, 3.63) is 102 Å². The highest BCUT2D eigenvalue weighted by molar-refractivity contribution is 7.92. The van der Waals surface area contributed by atoms with Gasteiger partial charge in [0.25, 0.3) is 0 Å². The van der Waals surface area contributed by atoms with E-state index < -0.39 is 28.5 Å². The van der Waals surface area contributed by atoms with Gasteiger partial charge in [-0.05, 0) is 96.9 Å². The second-order valence-electron chi connectivity index (χ2n) is 14.0. The van der Waals surface area contributed by atoms with E-state index in [0.29, 0.717) is 18.7 Å². The predicted octanol–water partition coefficient (Wildman–Crippen LogP) is 6.09. The van der Waals surface area contributed by atoms with E-state index in [1.165, 1.54) is 48.4 Å². The molecule has 7 nitrogen and oxygen atoms in total. The third-order valence-corrected chi connectivity index (χ3v) is 11.6. The maximum absolute atomic E-state index is 14.3. The fourth-order valence-corrected chi connectivity index (χ4v) is 9.61. The Kier molecular flexibility index (Phi) is 9.55. The van der Waals surface area contributed by atoms with E-state index in [0.717, 1.165) is 41.6 Å². The summed E-state index contributed by atoms with van der Waals surface area (Å²) in [5.74, 6) is 1.76. The van der Waals surface area contributed by atoms with Gasteiger partial charge in [0.05, 0.1) is 11.9 Å². The molecule has 3 aromatic carbocycles. The smallest absolute Gasteiger partial charge is 0.244 e. The fraction of sp³-hybridized carbons (Fsp3) is 0.474. The van der Waals surface area contributed by atoms with E-state index >= 15 is 0 Å². The van der Waals surface area contributed by atoms with Gasteiger partial charge in [0.15, 0.2) is 0 Å². The van der Waals surface area contributed by atoms with E-state index in [1.807, 2.05) is 79.7 Å². The number of rotatable bonds is 13. The number of nitrogens with one attached hydrogen (secondary N) is 1. The van der Waals surface area contributed by atoms with Crippen molar-refractivity contribution in [2.75, 3.05) is 23.7 Å². The van der Waals surface area contributed by atoms with E-state index in [1.54, 1.807) is 4.90 Å². The van der Waals surface area contributed by atoms with E-state index in [-0.39, 0.29) is 17.9 Å². The Labute approximate surface area is 274 Å². The van der Waals surface area contributed by atoms with Gasteiger partial charge in [-0.2, -0.15) is 0 Å². The quantitative estimate of drug-likeness (QED) is 0.245. The normalized spacial score (nSPS) is 23.9. The molecule has 0 aromatic heterocycles. The molecule has 0 heterocycles. The highest BCUT2D eigenvalue weighted by Gasteiger charge is 2.51. The highest BCUT2D eigenvalue weighted by Crippen LogP contribution is 2.60. The lowest BCUT2D eigenvalue weighted by atomic mass is 9.48.